The molecule has 0 bridgehead atoms. The van der Waals surface area contributed by atoms with Crippen molar-refractivity contribution in [2.45, 2.75) is 6.92 Å². The number of morpholine rings is 1. The van der Waals surface area contributed by atoms with E-state index in [2.05, 4.69) is 37.2 Å². The van der Waals surface area contributed by atoms with Crippen molar-refractivity contribution >= 4 is 43.5 Å². The van der Waals surface area contributed by atoms with E-state index in [0.29, 0.717) is 6.54 Å². The molecule has 0 saturated carbocycles. The van der Waals surface area contributed by atoms with Crippen molar-refractivity contribution in [1.82, 2.24) is 0 Å². The Balaban J connectivity index is 1.98. The lowest BCUT2D eigenvalue weighted by Crippen LogP contribution is -3.15. The van der Waals surface area contributed by atoms with E-state index in [1.165, 1.54) is 4.90 Å². The molecule has 2 N–H and O–H groups in total. The van der Waals surface area contributed by atoms with Gasteiger partial charge in [0.1, 0.15) is 13.1 Å². The van der Waals surface area contributed by atoms with Crippen molar-refractivity contribution < 1.29 is 14.4 Å². The lowest BCUT2D eigenvalue weighted by Gasteiger charge is -2.23. The molecule has 1 heterocycles. The number of aryl methyl sites for hydroxylation is 1. The molecule has 0 aromatic heterocycles. The summed E-state index contributed by atoms with van der Waals surface area (Å²) in [6.07, 6.45) is 0. The summed E-state index contributed by atoms with van der Waals surface area (Å²) < 4.78 is 7.17. The molecule has 1 saturated heterocycles. The van der Waals surface area contributed by atoms with E-state index in [-0.39, 0.29) is 5.91 Å². The number of halogens is 2. The third-order valence-electron chi connectivity index (χ3n) is 3.13. The van der Waals surface area contributed by atoms with E-state index >= 15 is 0 Å². The third-order valence-corrected chi connectivity index (χ3v) is 4.21. The summed E-state index contributed by atoms with van der Waals surface area (Å²) in [5, 5.41) is 2.98. The lowest BCUT2D eigenvalue weighted by molar-refractivity contribution is -0.899. The Morgan fingerprint density at radius 1 is 1.37 bits per heavy atom. The zero-order valence-corrected chi connectivity index (χ0v) is 13.9. The largest absolute Gasteiger partial charge is 0.370 e. The number of hydrogen-bond acceptors (Lipinski definition) is 2. The van der Waals surface area contributed by atoms with Crippen LogP contribution in [0.3, 0.4) is 0 Å². The normalized spacial score (nSPS) is 16.4. The van der Waals surface area contributed by atoms with Crippen LogP contribution in [-0.4, -0.2) is 38.8 Å². The first-order valence-electron chi connectivity index (χ1n) is 6.23. The second-order valence-corrected chi connectivity index (χ2v) is 6.44. The van der Waals surface area contributed by atoms with E-state index in [1.807, 2.05) is 19.1 Å². The number of ether oxygens (including phenoxy) is 1. The minimum atomic E-state index is 0.0445. The van der Waals surface area contributed by atoms with Crippen LogP contribution in [0, 0.1) is 6.92 Å². The standard InChI is InChI=1S/C13H16Br2N2O2/c1-9-6-10(14)7-11(15)13(9)16-12(18)8-17-2-4-19-5-3-17/h6-7H,2-5,8H2,1H3,(H,16,18)/p+1. The number of amides is 1. The zero-order chi connectivity index (χ0) is 13.8. The molecule has 4 nitrogen and oxygen atoms in total. The Labute approximate surface area is 129 Å². The number of benzene rings is 1. The van der Waals surface area contributed by atoms with Crippen LogP contribution in [0.2, 0.25) is 0 Å². The quantitative estimate of drug-likeness (QED) is 0.815. The summed E-state index contributed by atoms with van der Waals surface area (Å²) in [5.74, 6) is 0.0445. The number of hydrogen-bond donors (Lipinski definition) is 2. The second kappa shape index (κ2) is 6.83. The number of carbonyl (C=O) groups is 1. The molecular formula is C13H17Br2N2O2+. The van der Waals surface area contributed by atoms with Gasteiger partial charge in [-0.1, -0.05) is 15.9 Å². The maximum Gasteiger partial charge on any atom is 0.279 e. The van der Waals surface area contributed by atoms with Gasteiger partial charge >= 0.3 is 0 Å². The Hall–Kier alpha value is -0.430. The molecule has 1 aromatic carbocycles. The molecule has 0 radical (unpaired) electrons. The van der Waals surface area contributed by atoms with E-state index in [9.17, 15) is 4.79 Å². The third kappa shape index (κ3) is 4.27. The van der Waals surface area contributed by atoms with Crippen LogP contribution in [0.1, 0.15) is 5.56 Å². The smallest absolute Gasteiger partial charge is 0.279 e. The number of rotatable bonds is 3. The van der Waals surface area contributed by atoms with E-state index in [4.69, 9.17) is 4.74 Å². The van der Waals surface area contributed by atoms with Gasteiger partial charge in [0.2, 0.25) is 0 Å². The summed E-state index contributed by atoms with van der Waals surface area (Å²) in [7, 11) is 0. The molecule has 2 rings (SSSR count). The predicted molar refractivity (Wildman–Crippen MR) is 81.6 cm³/mol. The van der Waals surface area contributed by atoms with Crippen molar-refractivity contribution in [2.24, 2.45) is 0 Å². The molecule has 1 aliphatic heterocycles. The summed E-state index contributed by atoms with van der Waals surface area (Å²) in [5.41, 5.74) is 1.88. The summed E-state index contributed by atoms with van der Waals surface area (Å²) in [4.78, 5) is 13.3. The Morgan fingerprint density at radius 2 is 2.05 bits per heavy atom. The number of anilines is 1. The molecule has 0 spiro atoms. The summed E-state index contributed by atoms with van der Waals surface area (Å²) in [6, 6.07) is 3.92. The minimum absolute atomic E-state index is 0.0445. The fraction of sp³-hybridized carbons (Fsp3) is 0.462. The summed E-state index contributed by atoms with van der Waals surface area (Å²) >= 11 is 6.91. The molecule has 104 valence electrons. The first-order chi connectivity index (χ1) is 9.06. The van der Waals surface area contributed by atoms with Gasteiger partial charge in [0.05, 0.1) is 18.9 Å². The topological polar surface area (TPSA) is 42.8 Å². The number of nitrogens with one attached hydrogen (secondary N) is 2. The van der Waals surface area contributed by atoms with Crippen LogP contribution in [0.5, 0.6) is 0 Å². The van der Waals surface area contributed by atoms with Crippen LogP contribution in [0.25, 0.3) is 0 Å². The minimum Gasteiger partial charge on any atom is -0.370 e. The molecule has 0 aliphatic carbocycles. The molecule has 1 aliphatic rings. The molecule has 19 heavy (non-hydrogen) atoms. The maximum absolute atomic E-state index is 12.1. The SMILES string of the molecule is Cc1cc(Br)cc(Br)c1NC(=O)C[NH+]1CCOCC1. The number of quaternary nitrogens is 1. The van der Waals surface area contributed by atoms with Crippen molar-refractivity contribution in [2.75, 3.05) is 38.2 Å². The van der Waals surface area contributed by atoms with Crippen LogP contribution < -0.4 is 10.2 Å². The highest BCUT2D eigenvalue weighted by atomic mass is 79.9. The fourth-order valence-corrected chi connectivity index (χ4v) is 3.65. The van der Waals surface area contributed by atoms with Crippen LogP contribution >= 0.6 is 31.9 Å². The van der Waals surface area contributed by atoms with Crippen LogP contribution in [0.15, 0.2) is 21.1 Å². The zero-order valence-electron chi connectivity index (χ0n) is 10.8. The first kappa shape index (κ1) is 15.0. The van der Waals surface area contributed by atoms with Crippen molar-refractivity contribution in [3.8, 4) is 0 Å². The first-order valence-corrected chi connectivity index (χ1v) is 7.81. The Kier molecular flexibility index (Phi) is 5.38. The van der Waals surface area contributed by atoms with Gasteiger partial charge < -0.3 is 15.0 Å². The van der Waals surface area contributed by atoms with E-state index in [0.717, 1.165) is 46.5 Å². The van der Waals surface area contributed by atoms with Crippen LogP contribution in [-0.2, 0) is 9.53 Å². The molecule has 6 heteroatoms. The molecule has 1 fully saturated rings. The van der Waals surface area contributed by atoms with Gasteiger partial charge in [0.15, 0.2) is 6.54 Å². The van der Waals surface area contributed by atoms with Gasteiger partial charge in [-0.15, -0.1) is 0 Å². The van der Waals surface area contributed by atoms with Crippen molar-refractivity contribution in [3.63, 3.8) is 0 Å². The van der Waals surface area contributed by atoms with Gasteiger partial charge in [0, 0.05) is 8.95 Å². The van der Waals surface area contributed by atoms with Gasteiger partial charge in [0.25, 0.3) is 5.91 Å². The Bertz CT molecular complexity index is 451. The molecular weight excluding hydrogens is 376 g/mol. The average molecular weight is 393 g/mol. The lowest BCUT2D eigenvalue weighted by atomic mass is 10.2. The molecule has 1 aromatic rings. The fourth-order valence-electron chi connectivity index (χ4n) is 2.11. The average Bonchev–Trinajstić information content (AvgIpc) is 2.35. The van der Waals surface area contributed by atoms with E-state index in [1.54, 1.807) is 0 Å². The van der Waals surface area contributed by atoms with Gasteiger partial charge in [-0.25, -0.2) is 0 Å². The Morgan fingerprint density at radius 3 is 2.68 bits per heavy atom. The molecule has 1 amide bonds. The highest BCUT2D eigenvalue weighted by Gasteiger charge is 2.18. The highest BCUT2D eigenvalue weighted by molar-refractivity contribution is 9.11. The second-order valence-electron chi connectivity index (χ2n) is 4.67. The monoisotopic (exact) mass is 391 g/mol. The molecule has 0 atom stereocenters. The van der Waals surface area contributed by atoms with Gasteiger partial charge in [-0.05, 0) is 40.5 Å². The summed E-state index contributed by atoms with van der Waals surface area (Å²) in [6.45, 7) is 5.74. The van der Waals surface area contributed by atoms with Gasteiger partial charge in [-0.3, -0.25) is 4.79 Å². The number of carbonyl (C=O) groups excluding carboxylic acids is 1. The van der Waals surface area contributed by atoms with Crippen LogP contribution in [0.4, 0.5) is 5.69 Å². The predicted octanol–water partition coefficient (Wildman–Crippen LogP) is 1.37. The van der Waals surface area contributed by atoms with Crippen molar-refractivity contribution in [3.05, 3.63) is 26.6 Å². The van der Waals surface area contributed by atoms with E-state index < -0.39 is 0 Å². The van der Waals surface area contributed by atoms with Gasteiger partial charge in [-0.2, -0.15) is 0 Å². The highest BCUT2D eigenvalue weighted by Crippen LogP contribution is 2.29. The van der Waals surface area contributed by atoms with Crippen molar-refractivity contribution in [1.29, 1.82) is 0 Å². The molecule has 0 unspecified atom stereocenters. The maximum atomic E-state index is 12.1.